The molecule has 1 aromatic heterocycles. The summed E-state index contributed by atoms with van der Waals surface area (Å²) in [6, 6.07) is 10.4. The number of aryl methyl sites for hydroxylation is 1. The van der Waals surface area contributed by atoms with Gasteiger partial charge in [0.2, 0.25) is 0 Å². The maximum absolute atomic E-state index is 13.1. The predicted octanol–water partition coefficient (Wildman–Crippen LogP) is 3.88. The van der Waals surface area contributed by atoms with Crippen LogP contribution in [0.1, 0.15) is 31.4 Å². The van der Waals surface area contributed by atoms with Crippen molar-refractivity contribution < 1.29 is 28.2 Å². The van der Waals surface area contributed by atoms with E-state index in [0.29, 0.717) is 34.1 Å². The van der Waals surface area contributed by atoms with Gasteiger partial charge < -0.3 is 14.9 Å². The van der Waals surface area contributed by atoms with E-state index in [4.69, 9.17) is 4.74 Å². The second-order valence-electron chi connectivity index (χ2n) is 8.14. The molecule has 0 radical (unpaired) electrons. The number of thiazole rings is 1. The van der Waals surface area contributed by atoms with Gasteiger partial charge in [0, 0.05) is 5.69 Å². The van der Waals surface area contributed by atoms with E-state index in [0.717, 1.165) is 12.8 Å². The van der Waals surface area contributed by atoms with Crippen LogP contribution in [0.25, 0.3) is 10.4 Å². The van der Waals surface area contributed by atoms with E-state index in [1.807, 2.05) is 0 Å². The number of carbonyl (C=O) groups is 1. The molecule has 1 saturated carbocycles. The SMILES string of the molecule is COc1ccc(-c2sc(NC(=O)C3(O)CCCC3)nc2C)cc1S(=O)(=O)Nc1ccc(O)cc1. The molecule has 4 rings (SSSR count). The number of ether oxygens (including phenoxy) is 1. The van der Waals surface area contributed by atoms with Crippen molar-refractivity contribution in [1.29, 1.82) is 0 Å². The van der Waals surface area contributed by atoms with Crippen LogP contribution in [0.15, 0.2) is 47.4 Å². The average molecular weight is 504 g/mol. The Bertz CT molecular complexity index is 1310. The fourth-order valence-electron chi connectivity index (χ4n) is 3.89. The Labute approximate surface area is 201 Å². The van der Waals surface area contributed by atoms with Crippen LogP contribution in [0.3, 0.4) is 0 Å². The predicted molar refractivity (Wildman–Crippen MR) is 130 cm³/mol. The summed E-state index contributed by atoms with van der Waals surface area (Å²) < 4.78 is 34.0. The third kappa shape index (κ3) is 4.86. The molecule has 11 heteroatoms. The van der Waals surface area contributed by atoms with Gasteiger partial charge in [-0.05, 0) is 80.6 Å². The molecule has 9 nitrogen and oxygen atoms in total. The summed E-state index contributed by atoms with van der Waals surface area (Å²) >= 11 is 1.20. The molecule has 1 aliphatic rings. The Morgan fingerprint density at radius 2 is 1.82 bits per heavy atom. The molecule has 1 amide bonds. The number of carbonyl (C=O) groups excluding carboxylic acids is 1. The second kappa shape index (κ2) is 9.24. The molecule has 34 heavy (non-hydrogen) atoms. The first kappa shape index (κ1) is 24.0. The highest BCUT2D eigenvalue weighted by Gasteiger charge is 2.39. The number of nitrogens with zero attached hydrogens (tertiary/aromatic N) is 1. The van der Waals surface area contributed by atoms with E-state index in [9.17, 15) is 23.4 Å². The Balaban J connectivity index is 1.64. The molecule has 0 bridgehead atoms. The van der Waals surface area contributed by atoms with E-state index in [1.54, 1.807) is 19.1 Å². The number of aromatic hydroxyl groups is 1. The normalized spacial score (nSPS) is 15.1. The first-order chi connectivity index (χ1) is 16.1. The van der Waals surface area contributed by atoms with Gasteiger partial charge >= 0.3 is 0 Å². The number of aliphatic hydroxyl groups is 1. The van der Waals surface area contributed by atoms with Gasteiger partial charge in [0.25, 0.3) is 15.9 Å². The van der Waals surface area contributed by atoms with Crippen LogP contribution in [-0.2, 0) is 14.8 Å². The fraction of sp³-hybridized carbons (Fsp3) is 0.304. The summed E-state index contributed by atoms with van der Waals surface area (Å²) in [5.74, 6) is -0.290. The Hall–Kier alpha value is -3.15. The number of sulfonamides is 1. The molecular weight excluding hydrogens is 478 g/mol. The van der Waals surface area contributed by atoms with Crippen molar-refractivity contribution in [3.63, 3.8) is 0 Å². The number of benzene rings is 2. The maximum Gasteiger partial charge on any atom is 0.265 e. The standard InChI is InChI=1S/C23H25N3O6S2/c1-14-20(33-22(24-14)25-21(28)23(29)11-3-4-12-23)15-5-10-18(32-2)19(13-15)34(30,31)26-16-6-8-17(27)9-7-16/h5-10,13,26-27,29H,3-4,11-12H2,1-2H3,(H,24,25,28). The third-order valence-electron chi connectivity index (χ3n) is 5.71. The van der Waals surface area contributed by atoms with Gasteiger partial charge in [-0.25, -0.2) is 13.4 Å². The van der Waals surface area contributed by atoms with Gasteiger partial charge in [0.1, 0.15) is 22.0 Å². The Morgan fingerprint density at radius 3 is 2.47 bits per heavy atom. The van der Waals surface area contributed by atoms with Crippen molar-refractivity contribution in [2.24, 2.45) is 0 Å². The fourth-order valence-corrected chi connectivity index (χ4v) is 6.10. The number of phenols is 1. The summed E-state index contributed by atoms with van der Waals surface area (Å²) in [7, 11) is -2.64. The van der Waals surface area contributed by atoms with Gasteiger partial charge in [0.15, 0.2) is 5.13 Å². The monoisotopic (exact) mass is 503 g/mol. The number of hydrogen-bond donors (Lipinski definition) is 4. The van der Waals surface area contributed by atoms with Crippen LogP contribution in [0.4, 0.5) is 10.8 Å². The lowest BCUT2D eigenvalue weighted by molar-refractivity contribution is -0.133. The van der Waals surface area contributed by atoms with Crippen LogP contribution in [-0.4, -0.2) is 42.2 Å². The van der Waals surface area contributed by atoms with Crippen molar-refractivity contribution in [2.45, 2.75) is 43.1 Å². The number of rotatable bonds is 7. The summed E-state index contributed by atoms with van der Waals surface area (Å²) in [5, 5.41) is 23.0. The van der Waals surface area contributed by atoms with E-state index < -0.39 is 21.5 Å². The van der Waals surface area contributed by atoms with Crippen molar-refractivity contribution in [2.75, 3.05) is 17.1 Å². The molecule has 1 heterocycles. The number of aromatic nitrogens is 1. The van der Waals surface area contributed by atoms with E-state index >= 15 is 0 Å². The van der Waals surface area contributed by atoms with Gasteiger partial charge in [-0.3, -0.25) is 14.8 Å². The molecule has 3 aromatic rings. The number of phenolic OH excluding ortho intramolecular Hbond substituents is 1. The molecule has 2 aromatic carbocycles. The lowest BCUT2D eigenvalue weighted by atomic mass is 10.0. The Kier molecular flexibility index (Phi) is 6.52. The van der Waals surface area contributed by atoms with Gasteiger partial charge in [-0.1, -0.05) is 11.3 Å². The Morgan fingerprint density at radius 1 is 1.15 bits per heavy atom. The number of nitrogens with one attached hydrogen (secondary N) is 2. The average Bonchev–Trinajstić information content (AvgIpc) is 3.41. The minimum Gasteiger partial charge on any atom is -0.508 e. The van der Waals surface area contributed by atoms with Crippen LogP contribution >= 0.6 is 11.3 Å². The molecule has 0 saturated heterocycles. The molecule has 1 fully saturated rings. The summed E-state index contributed by atoms with van der Waals surface area (Å²) in [4.78, 5) is 17.5. The molecule has 0 unspecified atom stereocenters. The first-order valence-electron chi connectivity index (χ1n) is 10.6. The molecule has 4 N–H and O–H groups in total. The van der Waals surface area contributed by atoms with Crippen LogP contribution < -0.4 is 14.8 Å². The molecule has 1 aliphatic carbocycles. The smallest absolute Gasteiger partial charge is 0.265 e. The van der Waals surface area contributed by atoms with Crippen molar-refractivity contribution in [1.82, 2.24) is 4.98 Å². The second-order valence-corrected chi connectivity index (χ2v) is 10.8. The zero-order valence-corrected chi connectivity index (χ0v) is 20.3. The lowest BCUT2D eigenvalue weighted by Gasteiger charge is -2.19. The maximum atomic E-state index is 13.1. The zero-order chi connectivity index (χ0) is 24.5. The number of anilines is 2. The highest BCUT2D eigenvalue weighted by Crippen LogP contribution is 2.38. The molecule has 0 aliphatic heterocycles. The molecule has 0 spiro atoms. The molecule has 0 atom stereocenters. The summed E-state index contributed by atoms with van der Waals surface area (Å²) in [5.41, 5.74) is 0.107. The van der Waals surface area contributed by atoms with Crippen LogP contribution in [0, 0.1) is 6.92 Å². The first-order valence-corrected chi connectivity index (χ1v) is 12.9. The summed E-state index contributed by atoms with van der Waals surface area (Å²) in [6.07, 6.45) is 2.44. The van der Waals surface area contributed by atoms with Gasteiger partial charge in [-0.2, -0.15) is 0 Å². The number of hydrogen-bond acceptors (Lipinski definition) is 8. The largest absolute Gasteiger partial charge is 0.508 e. The van der Waals surface area contributed by atoms with E-state index in [1.165, 1.54) is 48.8 Å². The molecule has 180 valence electrons. The van der Waals surface area contributed by atoms with E-state index in [-0.39, 0.29) is 22.1 Å². The van der Waals surface area contributed by atoms with Gasteiger partial charge in [-0.15, -0.1) is 0 Å². The minimum absolute atomic E-state index is 0.0196. The lowest BCUT2D eigenvalue weighted by Crippen LogP contribution is -2.40. The van der Waals surface area contributed by atoms with Crippen LogP contribution in [0.5, 0.6) is 11.5 Å². The number of amides is 1. The highest BCUT2D eigenvalue weighted by atomic mass is 32.2. The van der Waals surface area contributed by atoms with Gasteiger partial charge in [0.05, 0.1) is 17.7 Å². The number of methoxy groups -OCH3 is 1. The van der Waals surface area contributed by atoms with Crippen LogP contribution in [0.2, 0.25) is 0 Å². The summed E-state index contributed by atoms with van der Waals surface area (Å²) in [6.45, 7) is 1.76. The van der Waals surface area contributed by atoms with Crippen molar-refractivity contribution >= 4 is 38.1 Å². The third-order valence-corrected chi connectivity index (χ3v) is 8.23. The quantitative estimate of drug-likeness (QED) is 0.359. The zero-order valence-electron chi connectivity index (χ0n) is 18.7. The van der Waals surface area contributed by atoms with E-state index in [2.05, 4.69) is 15.0 Å². The topological polar surface area (TPSA) is 138 Å². The molecular formula is C23H25N3O6S2. The minimum atomic E-state index is -4.02. The van der Waals surface area contributed by atoms with Crippen molar-refractivity contribution in [3.8, 4) is 21.9 Å². The highest BCUT2D eigenvalue weighted by molar-refractivity contribution is 7.92. The van der Waals surface area contributed by atoms with Crippen molar-refractivity contribution in [3.05, 3.63) is 48.2 Å².